The number of rotatable bonds is 6. The molecular weight excluding hydrogens is 216 g/mol. The van der Waals surface area contributed by atoms with Crippen molar-refractivity contribution in [3.8, 4) is 5.75 Å². The van der Waals surface area contributed by atoms with Crippen LogP contribution in [0.25, 0.3) is 0 Å². The fraction of sp³-hybridized carbons (Fsp3) is 0.538. The molecule has 2 rings (SSSR count). The van der Waals surface area contributed by atoms with E-state index in [0.717, 1.165) is 18.7 Å². The summed E-state index contributed by atoms with van der Waals surface area (Å²) in [6.07, 6.45) is 3.68. The zero-order valence-electron chi connectivity index (χ0n) is 9.97. The minimum atomic E-state index is 0.419. The second-order valence-electron chi connectivity index (χ2n) is 4.34. The van der Waals surface area contributed by atoms with Crippen molar-refractivity contribution in [2.45, 2.75) is 19.3 Å². The van der Waals surface area contributed by atoms with Gasteiger partial charge >= 0.3 is 0 Å². The number of ether oxygens (including phenoxy) is 1. The van der Waals surface area contributed by atoms with E-state index in [2.05, 4.69) is 10.1 Å². The van der Waals surface area contributed by atoms with Crippen molar-refractivity contribution in [3.63, 3.8) is 0 Å². The van der Waals surface area contributed by atoms with Gasteiger partial charge in [0.15, 0.2) is 0 Å². The quantitative estimate of drug-likeness (QED) is 0.561. The Morgan fingerprint density at radius 2 is 2.12 bits per heavy atom. The lowest BCUT2D eigenvalue weighted by atomic mass is 10.3. The molecule has 92 valence electrons. The van der Waals surface area contributed by atoms with Crippen LogP contribution in [0.5, 0.6) is 5.75 Å². The van der Waals surface area contributed by atoms with Crippen LogP contribution in [0.15, 0.2) is 29.4 Å². The van der Waals surface area contributed by atoms with Crippen LogP contribution in [0.1, 0.15) is 19.3 Å². The predicted octanol–water partition coefficient (Wildman–Crippen LogP) is 2.95. The Hall–Kier alpha value is -1.42. The van der Waals surface area contributed by atoms with E-state index in [4.69, 9.17) is 4.74 Å². The third-order valence-electron chi connectivity index (χ3n) is 3.01. The van der Waals surface area contributed by atoms with Gasteiger partial charge in [0, 0.05) is 12.6 Å². The first-order valence-corrected chi connectivity index (χ1v) is 6.17. The molecule has 4 heteroatoms. The van der Waals surface area contributed by atoms with Gasteiger partial charge in [-0.25, -0.2) is 0 Å². The monoisotopic (exact) mass is 234 g/mol. The highest BCUT2D eigenvalue weighted by molar-refractivity contribution is 5.42. The van der Waals surface area contributed by atoms with Crippen LogP contribution < -0.4 is 4.74 Å². The zero-order valence-corrected chi connectivity index (χ0v) is 9.97. The summed E-state index contributed by atoms with van der Waals surface area (Å²) in [5, 5.41) is 2.88. The zero-order chi connectivity index (χ0) is 11.9. The van der Waals surface area contributed by atoms with Gasteiger partial charge in [-0.15, -0.1) is 4.91 Å². The summed E-state index contributed by atoms with van der Waals surface area (Å²) >= 11 is 0. The van der Waals surface area contributed by atoms with Crippen molar-refractivity contribution in [2.24, 2.45) is 5.18 Å². The molecule has 0 radical (unpaired) electrons. The molecule has 0 unspecified atom stereocenters. The van der Waals surface area contributed by atoms with Crippen molar-refractivity contribution in [3.05, 3.63) is 29.2 Å². The van der Waals surface area contributed by atoms with Crippen LogP contribution in [0.2, 0.25) is 0 Å². The van der Waals surface area contributed by atoms with Gasteiger partial charge in [0.1, 0.15) is 11.4 Å². The molecule has 0 bridgehead atoms. The fourth-order valence-corrected chi connectivity index (χ4v) is 2.11. The van der Waals surface area contributed by atoms with Crippen molar-refractivity contribution >= 4 is 5.69 Å². The van der Waals surface area contributed by atoms with Gasteiger partial charge in [-0.3, -0.25) is 0 Å². The summed E-state index contributed by atoms with van der Waals surface area (Å²) in [6, 6.07) is 6.98. The second kappa shape index (κ2) is 6.35. The third kappa shape index (κ3) is 3.82. The van der Waals surface area contributed by atoms with E-state index in [9.17, 15) is 4.91 Å². The summed E-state index contributed by atoms with van der Waals surface area (Å²) in [7, 11) is 0. The van der Waals surface area contributed by atoms with Gasteiger partial charge in [-0.05, 0) is 49.7 Å². The van der Waals surface area contributed by atoms with Crippen LogP contribution in [0.3, 0.4) is 0 Å². The maximum atomic E-state index is 10.4. The van der Waals surface area contributed by atoms with E-state index in [-0.39, 0.29) is 0 Å². The van der Waals surface area contributed by atoms with Crippen molar-refractivity contribution < 1.29 is 4.74 Å². The topological polar surface area (TPSA) is 41.9 Å². The SMILES string of the molecule is O=Nc1cccc(OCCCN2CCCC2)c1. The predicted molar refractivity (Wildman–Crippen MR) is 67.7 cm³/mol. The summed E-state index contributed by atoms with van der Waals surface area (Å²) in [4.78, 5) is 12.8. The molecule has 0 aromatic heterocycles. The minimum Gasteiger partial charge on any atom is -0.493 e. The first-order valence-electron chi connectivity index (χ1n) is 6.17. The fourth-order valence-electron chi connectivity index (χ4n) is 2.11. The molecule has 1 heterocycles. The molecule has 1 aliphatic rings. The number of benzene rings is 1. The maximum Gasteiger partial charge on any atom is 0.121 e. The molecule has 1 aromatic rings. The molecule has 4 nitrogen and oxygen atoms in total. The van der Waals surface area contributed by atoms with Gasteiger partial charge in [-0.1, -0.05) is 6.07 Å². The molecule has 0 N–H and O–H groups in total. The average molecular weight is 234 g/mol. The molecule has 17 heavy (non-hydrogen) atoms. The Morgan fingerprint density at radius 3 is 2.88 bits per heavy atom. The standard InChI is InChI=1S/C13H18N2O2/c16-14-12-5-3-6-13(11-12)17-10-4-9-15-7-1-2-8-15/h3,5-6,11H,1-2,4,7-10H2. The van der Waals surface area contributed by atoms with Crippen molar-refractivity contribution in [2.75, 3.05) is 26.2 Å². The first kappa shape index (κ1) is 12.0. The van der Waals surface area contributed by atoms with Gasteiger partial charge in [-0.2, -0.15) is 0 Å². The van der Waals surface area contributed by atoms with Crippen molar-refractivity contribution in [1.29, 1.82) is 0 Å². The summed E-state index contributed by atoms with van der Waals surface area (Å²) < 4.78 is 5.58. The molecule has 0 atom stereocenters. The average Bonchev–Trinajstić information content (AvgIpc) is 2.88. The second-order valence-corrected chi connectivity index (χ2v) is 4.34. The molecule has 0 saturated carbocycles. The van der Waals surface area contributed by atoms with E-state index < -0.39 is 0 Å². The largest absolute Gasteiger partial charge is 0.493 e. The van der Waals surface area contributed by atoms with Crippen molar-refractivity contribution in [1.82, 2.24) is 4.90 Å². The molecule has 0 amide bonds. The van der Waals surface area contributed by atoms with Gasteiger partial charge < -0.3 is 9.64 Å². The molecule has 1 fully saturated rings. The molecule has 1 aliphatic heterocycles. The minimum absolute atomic E-state index is 0.419. The Balaban J connectivity index is 1.68. The summed E-state index contributed by atoms with van der Waals surface area (Å²) in [5.41, 5.74) is 0.419. The van der Waals surface area contributed by atoms with E-state index in [0.29, 0.717) is 12.3 Å². The smallest absolute Gasteiger partial charge is 0.121 e. The third-order valence-corrected chi connectivity index (χ3v) is 3.01. The Kier molecular flexibility index (Phi) is 4.50. The Morgan fingerprint density at radius 1 is 1.29 bits per heavy atom. The highest BCUT2D eigenvalue weighted by atomic mass is 16.5. The van der Waals surface area contributed by atoms with Crippen LogP contribution in [-0.4, -0.2) is 31.1 Å². The molecule has 1 aromatic carbocycles. The highest BCUT2D eigenvalue weighted by Crippen LogP contribution is 2.19. The number of nitroso groups, excluding NO2 is 1. The normalized spacial score (nSPS) is 16.0. The molecule has 1 saturated heterocycles. The maximum absolute atomic E-state index is 10.4. The van der Waals surface area contributed by atoms with E-state index in [1.165, 1.54) is 25.9 Å². The lowest BCUT2D eigenvalue weighted by Gasteiger charge is -2.14. The van der Waals surface area contributed by atoms with E-state index in [1.54, 1.807) is 18.2 Å². The van der Waals surface area contributed by atoms with Crippen LogP contribution in [0, 0.1) is 4.91 Å². The van der Waals surface area contributed by atoms with Crippen LogP contribution in [0.4, 0.5) is 5.69 Å². The number of hydrogen-bond acceptors (Lipinski definition) is 4. The van der Waals surface area contributed by atoms with E-state index >= 15 is 0 Å². The van der Waals surface area contributed by atoms with Gasteiger partial charge in [0.2, 0.25) is 0 Å². The number of likely N-dealkylation sites (tertiary alicyclic amines) is 1. The molecular formula is C13H18N2O2. The molecule has 0 spiro atoms. The Labute approximate surface area is 102 Å². The van der Waals surface area contributed by atoms with Gasteiger partial charge in [0.25, 0.3) is 0 Å². The highest BCUT2D eigenvalue weighted by Gasteiger charge is 2.10. The number of nitrogens with zero attached hydrogens (tertiary/aromatic N) is 2. The molecule has 0 aliphatic carbocycles. The van der Waals surface area contributed by atoms with Crippen LogP contribution >= 0.6 is 0 Å². The summed E-state index contributed by atoms with van der Waals surface area (Å²) in [5.74, 6) is 0.725. The lowest BCUT2D eigenvalue weighted by Crippen LogP contribution is -2.21. The Bertz CT molecular complexity index is 362. The van der Waals surface area contributed by atoms with Crippen LogP contribution in [-0.2, 0) is 0 Å². The van der Waals surface area contributed by atoms with E-state index in [1.807, 2.05) is 6.07 Å². The first-order chi connectivity index (χ1) is 8.38. The summed E-state index contributed by atoms with van der Waals surface area (Å²) in [6.45, 7) is 4.25. The lowest BCUT2D eigenvalue weighted by molar-refractivity contribution is 0.263. The van der Waals surface area contributed by atoms with Gasteiger partial charge in [0.05, 0.1) is 6.61 Å². The number of hydrogen-bond donors (Lipinski definition) is 0.